The van der Waals surface area contributed by atoms with E-state index >= 15 is 0 Å². The number of nitrogens with one attached hydrogen (secondary N) is 1. The van der Waals surface area contributed by atoms with Crippen molar-refractivity contribution in [1.29, 1.82) is 0 Å². The SMILES string of the molecule is COc1ccc(NC(=O)[C@@H]2CCCN(S(=O)(=O)c3ccccc3)C2)cc1OC. The molecule has 1 atom stereocenters. The van der Waals surface area contributed by atoms with Crippen LogP contribution in [0, 0.1) is 5.92 Å². The minimum absolute atomic E-state index is 0.163. The van der Waals surface area contributed by atoms with Gasteiger partial charge in [-0.3, -0.25) is 4.79 Å². The molecule has 150 valence electrons. The summed E-state index contributed by atoms with van der Waals surface area (Å²) < 4.78 is 37.5. The molecule has 28 heavy (non-hydrogen) atoms. The Bertz CT molecular complexity index is 931. The monoisotopic (exact) mass is 404 g/mol. The van der Waals surface area contributed by atoms with Crippen LogP contribution in [0.5, 0.6) is 11.5 Å². The van der Waals surface area contributed by atoms with E-state index in [0.29, 0.717) is 36.6 Å². The third-order valence-electron chi connectivity index (χ3n) is 4.79. The maximum Gasteiger partial charge on any atom is 0.243 e. The first kappa shape index (κ1) is 20.2. The van der Waals surface area contributed by atoms with Crippen molar-refractivity contribution in [2.75, 3.05) is 32.6 Å². The van der Waals surface area contributed by atoms with Crippen LogP contribution in [0.3, 0.4) is 0 Å². The van der Waals surface area contributed by atoms with Gasteiger partial charge in [-0.2, -0.15) is 4.31 Å². The van der Waals surface area contributed by atoms with Gasteiger partial charge in [-0.1, -0.05) is 18.2 Å². The Kier molecular flexibility index (Phi) is 6.21. The molecule has 1 aliphatic heterocycles. The van der Waals surface area contributed by atoms with Crippen molar-refractivity contribution in [3.8, 4) is 11.5 Å². The lowest BCUT2D eigenvalue weighted by Crippen LogP contribution is -2.43. The van der Waals surface area contributed by atoms with Crippen LogP contribution in [-0.4, -0.2) is 45.9 Å². The molecular weight excluding hydrogens is 380 g/mol. The summed E-state index contributed by atoms with van der Waals surface area (Å²) in [5.41, 5.74) is 0.575. The number of carbonyl (C=O) groups is 1. The summed E-state index contributed by atoms with van der Waals surface area (Å²) in [6.45, 7) is 0.577. The number of nitrogens with zero attached hydrogens (tertiary/aromatic N) is 1. The fraction of sp³-hybridized carbons (Fsp3) is 0.350. The van der Waals surface area contributed by atoms with Gasteiger partial charge in [0.05, 0.1) is 25.0 Å². The van der Waals surface area contributed by atoms with E-state index in [1.807, 2.05) is 0 Å². The van der Waals surface area contributed by atoms with Gasteiger partial charge in [0.2, 0.25) is 15.9 Å². The Morgan fingerprint density at radius 2 is 1.79 bits per heavy atom. The number of piperidine rings is 1. The fourth-order valence-electron chi connectivity index (χ4n) is 3.27. The summed E-state index contributed by atoms with van der Waals surface area (Å²) in [6, 6.07) is 13.4. The van der Waals surface area contributed by atoms with Gasteiger partial charge in [-0.05, 0) is 37.1 Å². The zero-order valence-corrected chi connectivity index (χ0v) is 16.7. The Labute approximate surface area is 165 Å². The van der Waals surface area contributed by atoms with Gasteiger partial charge in [0.1, 0.15) is 0 Å². The standard InChI is InChI=1S/C20H24N2O5S/c1-26-18-11-10-16(13-19(18)27-2)21-20(23)15-7-6-12-22(14-15)28(24,25)17-8-4-3-5-9-17/h3-5,8-11,13,15H,6-7,12,14H2,1-2H3,(H,21,23)/t15-/m1/s1. The molecular formula is C20H24N2O5S. The topological polar surface area (TPSA) is 84.9 Å². The molecule has 0 bridgehead atoms. The highest BCUT2D eigenvalue weighted by atomic mass is 32.2. The van der Waals surface area contributed by atoms with E-state index in [1.165, 1.54) is 11.4 Å². The number of anilines is 1. The van der Waals surface area contributed by atoms with Crippen LogP contribution in [0.15, 0.2) is 53.4 Å². The zero-order chi connectivity index (χ0) is 20.1. The Morgan fingerprint density at radius 1 is 1.07 bits per heavy atom. The van der Waals surface area contributed by atoms with Gasteiger partial charge in [-0.25, -0.2) is 8.42 Å². The average molecular weight is 404 g/mol. The van der Waals surface area contributed by atoms with Crippen LogP contribution < -0.4 is 14.8 Å². The second-order valence-electron chi connectivity index (χ2n) is 6.57. The van der Waals surface area contributed by atoms with Crippen LogP contribution in [0.1, 0.15) is 12.8 Å². The minimum Gasteiger partial charge on any atom is -0.493 e. The number of methoxy groups -OCH3 is 2. The van der Waals surface area contributed by atoms with Gasteiger partial charge in [-0.15, -0.1) is 0 Å². The van der Waals surface area contributed by atoms with E-state index in [2.05, 4.69) is 5.32 Å². The van der Waals surface area contributed by atoms with Gasteiger partial charge in [0.15, 0.2) is 11.5 Å². The molecule has 0 radical (unpaired) electrons. The molecule has 0 unspecified atom stereocenters. The second-order valence-corrected chi connectivity index (χ2v) is 8.51. The average Bonchev–Trinajstić information content (AvgIpc) is 2.74. The highest BCUT2D eigenvalue weighted by Gasteiger charge is 2.33. The molecule has 2 aromatic carbocycles. The van der Waals surface area contributed by atoms with Gasteiger partial charge in [0, 0.05) is 24.8 Å². The summed E-state index contributed by atoms with van der Waals surface area (Å²) in [5.74, 6) is 0.455. The summed E-state index contributed by atoms with van der Waals surface area (Å²) >= 11 is 0. The number of benzene rings is 2. The number of hydrogen-bond donors (Lipinski definition) is 1. The van der Waals surface area contributed by atoms with Gasteiger partial charge < -0.3 is 14.8 Å². The van der Waals surface area contributed by atoms with E-state index in [0.717, 1.165) is 0 Å². The van der Waals surface area contributed by atoms with E-state index < -0.39 is 15.9 Å². The smallest absolute Gasteiger partial charge is 0.243 e. The number of hydrogen-bond acceptors (Lipinski definition) is 5. The van der Waals surface area contributed by atoms with E-state index in [-0.39, 0.29) is 17.3 Å². The van der Waals surface area contributed by atoms with Crippen molar-refractivity contribution in [3.63, 3.8) is 0 Å². The van der Waals surface area contributed by atoms with Crippen molar-refractivity contribution in [2.24, 2.45) is 5.92 Å². The summed E-state index contributed by atoms with van der Waals surface area (Å²) in [4.78, 5) is 13.0. The lowest BCUT2D eigenvalue weighted by Gasteiger charge is -2.31. The first-order valence-corrected chi connectivity index (χ1v) is 10.5. The molecule has 1 aliphatic rings. The number of sulfonamides is 1. The van der Waals surface area contributed by atoms with Crippen molar-refractivity contribution >= 4 is 21.6 Å². The number of rotatable bonds is 6. The summed E-state index contributed by atoms with van der Waals surface area (Å²) in [7, 11) is -0.538. The van der Waals surface area contributed by atoms with Crippen molar-refractivity contribution in [1.82, 2.24) is 4.31 Å². The van der Waals surface area contributed by atoms with Gasteiger partial charge >= 0.3 is 0 Å². The Morgan fingerprint density at radius 3 is 2.46 bits per heavy atom. The Balaban J connectivity index is 1.71. The molecule has 0 aromatic heterocycles. The normalized spacial score (nSPS) is 17.7. The lowest BCUT2D eigenvalue weighted by atomic mass is 9.98. The van der Waals surface area contributed by atoms with Crippen LogP contribution in [0.25, 0.3) is 0 Å². The molecule has 1 N–H and O–H groups in total. The van der Waals surface area contributed by atoms with Gasteiger partial charge in [0.25, 0.3) is 0 Å². The van der Waals surface area contributed by atoms with Crippen LogP contribution in [-0.2, 0) is 14.8 Å². The second kappa shape index (κ2) is 8.62. The third kappa shape index (κ3) is 4.28. The quantitative estimate of drug-likeness (QED) is 0.800. The minimum atomic E-state index is -3.60. The van der Waals surface area contributed by atoms with Crippen molar-refractivity contribution in [3.05, 3.63) is 48.5 Å². The van der Waals surface area contributed by atoms with E-state index in [1.54, 1.807) is 55.6 Å². The predicted molar refractivity (Wildman–Crippen MR) is 106 cm³/mol. The number of amides is 1. The molecule has 8 heteroatoms. The molecule has 2 aromatic rings. The Hall–Kier alpha value is -2.58. The molecule has 0 spiro atoms. The third-order valence-corrected chi connectivity index (χ3v) is 6.67. The fourth-order valence-corrected chi connectivity index (χ4v) is 4.82. The predicted octanol–water partition coefficient (Wildman–Crippen LogP) is 2.74. The summed E-state index contributed by atoms with van der Waals surface area (Å²) in [6.07, 6.45) is 1.27. The van der Waals surface area contributed by atoms with E-state index in [4.69, 9.17) is 9.47 Å². The molecule has 1 fully saturated rings. The lowest BCUT2D eigenvalue weighted by molar-refractivity contribution is -0.120. The van der Waals surface area contributed by atoms with Crippen molar-refractivity contribution in [2.45, 2.75) is 17.7 Å². The molecule has 0 aliphatic carbocycles. The van der Waals surface area contributed by atoms with Crippen LogP contribution in [0.2, 0.25) is 0 Å². The molecule has 1 saturated heterocycles. The van der Waals surface area contributed by atoms with Crippen molar-refractivity contribution < 1.29 is 22.7 Å². The summed E-state index contributed by atoms with van der Waals surface area (Å²) in [5, 5.41) is 2.85. The maximum absolute atomic E-state index is 12.8. The van der Waals surface area contributed by atoms with E-state index in [9.17, 15) is 13.2 Å². The molecule has 7 nitrogen and oxygen atoms in total. The largest absolute Gasteiger partial charge is 0.493 e. The first-order valence-electron chi connectivity index (χ1n) is 9.04. The highest BCUT2D eigenvalue weighted by Crippen LogP contribution is 2.30. The van der Waals surface area contributed by atoms with Crippen LogP contribution >= 0.6 is 0 Å². The van der Waals surface area contributed by atoms with Crippen LogP contribution in [0.4, 0.5) is 5.69 Å². The number of carbonyl (C=O) groups excluding carboxylic acids is 1. The molecule has 3 rings (SSSR count). The molecule has 1 amide bonds. The number of ether oxygens (including phenoxy) is 2. The highest BCUT2D eigenvalue weighted by molar-refractivity contribution is 7.89. The molecule has 0 saturated carbocycles. The maximum atomic E-state index is 12.8. The first-order chi connectivity index (χ1) is 13.5. The molecule has 1 heterocycles. The zero-order valence-electron chi connectivity index (χ0n) is 15.9.